The summed E-state index contributed by atoms with van der Waals surface area (Å²) < 4.78 is 5.66. The maximum atomic E-state index is 11.8. The lowest BCUT2D eigenvalue weighted by atomic mass is 9.95. The molecular formula is C22H20N4O2. The molecule has 1 aliphatic rings. The van der Waals surface area contributed by atoms with Gasteiger partial charge in [0.1, 0.15) is 11.6 Å². The number of aromatic nitrogens is 2. The molecule has 0 aliphatic carbocycles. The Bertz CT molecular complexity index is 1100. The van der Waals surface area contributed by atoms with Crippen LogP contribution in [0.15, 0.2) is 36.4 Å². The molecule has 0 saturated heterocycles. The molecule has 140 valence electrons. The van der Waals surface area contributed by atoms with Gasteiger partial charge in [-0.1, -0.05) is 30.3 Å². The number of hydrogen-bond acceptors (Lipinski definition) is 5. The molecule has 2 aromatic heterocycles. The highest BCUT2D eigenvalue weighted by molar-refractivity contribution is 5.97. The Kier molecular flexibility index (Phi) is 4.66. The summed E-state index contributed by atoms with van der Waals surface area (Å²) >= 11 is 0. The molecule has 0 saturated carbocycles. The topological polar surface area (TPSA) is 79.1 Å². The van der Waals surface area contributed by atoms with Crippen molar-refractivity contribution in [2.75, 3.05) is 13.2 Å². The van der Waals surface area contributed by atoms with E-state index in [0.29, 0.717) is 43.2 Å². The van der Waals surface area contributed by atoms with E-state index >= 15 is 0 Å². The molecule has 0 spiro atoms. The Morgan fingerprint density at radius 2 is 2.07 bits per heavy atom. The van der Waals surface area contributed by atoms with Gasteiger partial charge in [0.15, 0.2) is 5.65 Å². The van der Waals surface area contributed by atoms with E-state index in [2.05, 4.69) is 11.1 Å². The van der Waals surface area contributed by atoms with Crippen LogP contribution in [-0.4, -0.2) is 33.9 Å². The molecule has 1 amide bonds. The van der Waals surface area contributed by atoms with Crippen molar-refractivity contribution in [2.45, 2.75) is 26.8 Å². The van der Waals surface area contributed by atoms with Crippen molar-refractivity contribution >= 4 is 16.9 Å². The second-order valence-electron chi connectivity index (χ2n) is 6.73. The van der Waals surface area contributed by atoms with Crippen LogP contribution in [0.5, 0.6) is 5.88 Å². The predicted molar refractivity (Wildman–Crippen MR) is 106 cm³/mol. The fourth-order valence-electron chi connectivity index (χ4n) is 3.64. The first-order valence-corrected chi connectivity index (χ1v) is 9.32. The Hall–Kier alpha value is -3.46. The highest BCUT2D eigenvalue weighted by Crippen LogP contribution is 2.36. The maximum absolute atomic E-state index is 11.8. The van der Waals surface area contributed by atoms with Crippen molar-refractivity contribution in [2.24, 2.45) is 0 Å². The third-order valence-electron chi connectivity index (χ3n) is 4.99. The molecule has 0 unspecified atom stereocenters. The molecule has 1 aliphatic heterocycles. The number of hydrogen-bond donors (Lipinski definition) is 0. The van der Waals surface area contributed by atoms with Gasteiger partial charge >= 0.3 is 0 Å². The van der Waals surface area contributed by atoms with E-state index in [4.69, 9.17) is 9.72 Å². The SMILES string of the molecule is CCOc1nc2nc3c(cc2c(-c2ccccc2)c1C#N)CN(C(C)=O)CC3. The minimum Gasteiger partial charge on any atom is -0.477 e. The maximum Gasteiger partial charge on any atom is 0.234 e. The number of rotatable bonds is 3. The van der Waals surface area contributed by atoms with E-state index in [9.17, 15) is 10.1 Å². The van der Waals surface area contributed by atoms with Crippen LogP contribution in [0.25, 0.3) is 22.2 Å². The summed E-state index contributed by atoms with van der Waals surface area (Å²) in [5, 5.41) is 10.7. The zero-order valence-electron chi connectivity index (χ0n) is 15.9. The van der Waals surface area contributed by atoms with Gasteiger partial charge in [0.2, 0.25) is 11.8 Å². The summed E-state index contributed by atoms with van der Waals surface area (Å²) in [6, 6.07) is 14.0. The molecular weight excluding hydrogens is 352 g/mol. The number of pyridine rings is 2. The highest BCUT2D eigenvalue weighted by atomic mass is 16.5. The van der Waals surface area contributed by atoms with Crippen LogP contribution in [0.1, 0.15) is 30.7 Å². The lowest BCUT2D eigenvalue weighted by Crippen LogP contribution is -2.34. The number of nitriles is 1. The highest BCUT2D eigenvalue weighted by Gasteiger charge is 2.24. The van der Waals surface area contributed by atoms with Crippen LogP contribution in [-0.2, 0) is 17.8 Å². The third-order valence-corrected chi connectivity index (χ3v) is 4.99. The van der Waals surface area contributed by atoms with Crippen LogP contribution in [0.3, 0.4) is 0 Å². The van der Waals surface area contributed by atoms with E-state index in [0.717, 1.165) is 27.8 Å². The molecule has 0 atom stereocenters. The summed E-state index contributed by atoms with van der Waals surface area (Å²) in [4.78, 5) is 22.9. The fourth-order valence-corrected chi connectivity index (χ4v) is 3.64. The van der Waals surface area contributed by atoms with Gasteiger partial charge < -0.3 is 9.64 Å². The molecule has 4 rings (SSSR count). The lowest BCUT2D eigenvalue weighted by Gasteiger charge is -2.27. The summed E-state index contributed by atoms with van der Waals surface area (Å²) in [7, 11) is 0. The average Bonchev–Trinajstić information content (AvgIpc) is 2.71. The van der Waals surface area contributed by atoms with Crippen molar-refractivity contribution in [3.05, 3.63) is 53.2 Å². The molecule has 6 nitrogen and oxygen atoms in total. The number of nitrogens with zero attached hydrogens (tertiary/aromatic N) is 4. The van der Waals surface area contributed by atoms with E-state index < -0.39 is 0 Å². The molecule has 6 heteroatoms. The van der Waals surface area contributed by atoms with Crippen molar-refractivity contribution < 1.29 is 9.53 Å². The quantitative estimate of drug-likeness (QED) is 0.703. The number of benzene rings is 1. The fraction of sp³-hybridized carbons (Fsp3) is 0.273. The first-order valence-electron chi connectivity index (χ1n) is 9.32. The Morgan fingerprint density at radius 1 is 1.29 bits per heavy atom. The molecule has 3 heterocycles. The third kappa shape index (κ3) is 3.05. The average molecular weight is 372 g/mol. The van der Waals surface area contributed by atoms with Crippen LogP contribution in [0.4, 0.5) is 0 Å². The second kappa shape index (κ2) is 7.28. The molecule has 1 aromatic carbocycles. The van der Waals surface area contributed by atoms with Crippen LogP contribution >= 0.6 is 0 Å². The van der Waals surface area contributed by atoms with E-state index in [1.165, 1.54) is 0 Å². The van der Waals surface area contributed by atoms with Gasteiger partial charge in [-0.15, -0.1) is 0 Å². The van der Waals surface area contributed by atoms with E-state index in [-0.39, 0.29) is 5.91 Å². The van der Waals surface area contributed by atoms with E-state index in [1.54, 1.807) is 6.92 Å². The van der Waals surface area contributed by atoms with E-state index in [1.807, 2.05) is 48.2 Å². The van der Waals surface area contributed by atoms with Crippen molar-refractivity contribution in [1.29, 1.82) is 5.26 Å². The molecule has 0 bridgehead atoms. The molecule has 3 aromatic rings. The Labute approximate surface area is 163 Å². The largest absolute Gasteiger partial charge is 0.477 e. The Morgan fingerprint density at radius 3 is 2.75 bits per heavy atom. The first kappa shape index (κ1) is 17.9. The van der Waals surface area contributed by atoms with Crippen LogP contribution in [0.2, 0.25) is 0 Å². The molecule has 0 fully saturated rings. The number of ether oxygens (including phenoxy) is 1. The summed E-state index contributed by atoms with van der Waals surface area (Å²) in [5.41, 5.74) is 4.60. The van der Waals surface area contributed by atoms with Gasteiger partial charge in [-0.2, -0.15) is 10.2 Å². The normalized spacial score (nSPS) is 13.1. The lowest BCUT2D eigenvalue weighted by molar-refractivity contribution is -0.129. The van der Waals surface area contributed by atoms with Gasteiger partial charge in [-0.3, -0.25) is 4.79 Å². The van der Waals surface area contributed by atoms with Gasteiger partial charge in [-0.05, 0) is 24.1 Å². The summed E-state index contributed by atoms with van der Waals surface area (Å²) in [6.07, 6.45) is 0.692. The Balaban J connectivity index is 2.01. The summed E-state index contributed by atoms with van der Waals surface area (Å²) in [5.74, 6) is 0.363. The molecule has 0 radical (unpaired) electrons. The minimum absolute atomic E-state index is 0.0524. The van der Waals surface area contributed by atoms with Crippen molar-refractivity contribution in [3.8, 4) is 23.1 Å². The second-order valence-corrected chi connectivity index (χ2v) is 6.73. The number of amides is 1. The standard InChI is InChI=1S/C22H20N4O2/c1-3-28-22-18(12-23)20(15-7-5-4-6-8-15)17-11-16-13-26(14(2)27)10-9-19(16)24-21(17)25-22/h4-8,11H,3,9-10,13H2,1-2H3. The van der Waals surface area contributed by atoms with Gasteiger partial charge in [0.25, 0.3) is 0 Å². The van der Waals surface area contributed by atoms with Crippen molar-refractivity contribution in [1.82, 2.24) is 14.9 Å². The van der Waals surface area contributed by atoms with Crippen LogP contribution < -0.4 is 4.74 Å². The molecule has 0 N–H and O–H groups in total. The first-order chi connectivity index (χ1) is 13.6. The number of carbonyl (C=O) groups is 1. The zero-order valence-corrected chi connectivity index (χ0v) is 15.9. The van der Waals surface area contributed by atoms with Crippen LogP contribution in [0, 0.1) is 11.3 Å². The predicted octanol–water partition coefficient (Wildman–Crippen LogP) is 3.47. The van der Waals surface area contributed by atoms with Gasteiger partial charge in [-0.25, -0.2) is 4.98 Å². The smallest absolute Gasteiger partial charge is 0.234 e. The minimum atomic E-state index is 0.0524. The molecule has 28 heavy (non-hydrogen) atoms. The number of carbonyl (C=O) groups excluding carboxylic acids is 1. The van der Waals surface area contributed by atoms with Gasteiger partial charge in [0.05, 0.1) is 6.61 Å². The number of fused-ring (bicyclic) bond motifs is 2. The monoisotopic (exact) mass is 372 g/mol. The van der Waals surface area contributed by atoms with Gasteiger partial charge in [0, 0.05) is 43.1 Å². The zero-order chi connectivity index (χ0) is 19.7. The summed E-state index contributed by atoms with van der Waals surface area (Å²) in [6.45, 7) is 5.04. The van der Waals surface area contributed by atoms with Crippen molar-refractivity contribution in [3.63, 3.8) is 0 Å².